The third-order valence-electron chi connectivity index (χ3n) is 3.11. The van der Waals surface area contributed by atoms with E-state index in [1.165, 1.54) is 16.8 Å². The van der Waals surface area contributed by atoms with Gasteiger partial charge in [0.25, 0.3) is 0 Å². The maximum atomic E-state index is 10.6. The Balaban J connectivity index is 2.26. The second-order valence-corrected chi connectivity index (χ2v) is 4.88. The molecule has 86 valence electrons. The van der Waals surface area contributed by atoms with Gasteiger partial charge in [0.2, 0.25) is 0 Å². The number of fused-ring (bicyclic) bond motifs is 1. The number of anilines is 1. The Morgan fingerprint density at radius 2 is 2.25 bits per heavy atom. The highest BCUT2D eigenvalue weighted by Crippen LogP contribution is 2.31. The molecule has 0 unspecified atom stereocenters. The zero-order valence-electron chi connectivity index (χ0n) is 10.1. The molecule has 0 aromatic heterocycles. The first kappa shape index (κ1) is 11.2. The van der Waals surface area contributed by atoms with E-state index in [1.807, 2.05) is 0 Å². The van der Waals surface area contributed by atoms with Crippen LogP contribution in [0.3, 0.4) is 0 Å². The van der Waals surface area contributed by atoms with Crippen LogP contribution in [0.2, 0.25) is 0 Å². The maximum absolute atomic E-state index is 10.6. The molecule has 0 fully saturated rings. The van der Waals surface area contributed by atoms with Gasteiger partial charge >= 0.3 is 0 Å². The van der Waals surface area contributed by atoms with E-state index >= 15 is 0 Å². The summed E-state index contributed by atoms with van der Waals surface area (Å²) in [6.45, 7) is 6.70. The van der Waals surface area contributed by atoms with Gasteiger partial charge in [-0.05, 0) is 29.5 Å². The van der Waals surface area contributed by atoms with E-state index in [1.54, 1.807) is 0 Å². The molecule has 2 rings (SSSR count). The number of benzene rings is 1. The van der Waals surface area contributed by atoms with E-state index < -0.39 is 0 Å². The number of rotatable bonds is 4. The highest BCUT2D eigenvalue weighted by molar-refractivity contribution is 5.65. The molecule has 1 aromatic rings. The van der Waals surface area contributed by atoms with Crippen LogP contribution in [0.5, 0.6) is 0 Å². The van der Waals surface area contributed by atoms with Crippen molar-refractivity contribution >= 4 is 12.0 Å². The third-order valence-corrected chi connectivity index (χ3v) is 3.11. The molecule has 0 aliphatic carbocycles. The normalized spacial score (nSPS) is 14.3. The first-order valence-corrected chi connectivity index (χ1v) is 6.01. The number of aldehydes is 1. The summed E-state index contributed by atoms with van der Waals surface area (Å²) in [7, 11) is 0. The fourth-order valence-electron chi connectivity index (χ4n) is 2.48. The van der Waals surface area contributed by atoms with Crippen molar-refractivity contribution in [3.63, 3.8) is 0 Å². The van der Waals surface area contributed by atoms with Crippen LogP contribution in [-0.4, -0.2) is 19.4 Å². The average molecular weight is 217 g/mol. The summed E-state index contributed by atoms with van der Waals surface area (Å²) >= 11 is 0. The molecule has 1 aliphatic rings. The lowest BCUT2D eigenvalue weighted by atomic mass is 10.0. The maximum Gasteiger partial charge on any atom is 0.124 e. The van der Waals surface area contributed by atoms with Gasteiger partial charge in [-0.25, -0.2) is 0 Å². The largest absolute Gasteiger partial charge is 0.371 e. The van der Waals surface area contributed by atoms with E-state index in [4.69, 9.17) is 0 Å². The summed E-state index contributed by atoms with van der Waals surface area (Å²) in [6.07, 6.45) is 2.64. The van der Waals surface area contributed by atoms with Gasteiger partial charge < -0.3 is 9.69 Å². The van der Waals surface area contributed by atoms with Crippen molar-refractivity contribution in [2.24, 2.45) is 5.92 Å². The van der Waals surface area contributed by atoms with Crippen LogP contribution in [0.25, 0.3) is 0 Å². The van der Waals surface area contributed by atoms with Crippen molar-refractivity contribution in [2.45, 2.75) is 26.7 Å². The van der Waals surface area contributed by atoms with Crippen LogP contribution < -0.4 is 4.90 Å². The minimum atomic E-state index is 0.554. The predicted molar refractivity (Wildman–Crippen MR) is 67.0 cm³/mol. The Morgan fingerprint density at radius 3 is 2.94 bits per heavy atom. The lowest BCUT2D eigenvalue weighted by Crippen LogP contribution is -2.25. The number of carbonyl (C=O) groups excluding carboxylic acids is 1. The Bertz CT molecular complexity index is 384. The molecule has 0 saturated carbocycles. The lowest BCUT2D eigenvalue weighted by Gasteiger charge is -2.21. The van der Waals surface area contributed by atoms with Crippen molar-refractivity contribution in [2.75, 3.05) is 18.0 Å². The summed E-state index contributed by atoms with van der Waals surface area (Å²) in [5.41, 5.74) is 3.93. The fraction of sp³-hybridized carbons (Fsp3) is 0.500. The Hall–Kier alpha value is -1.31. The molecule has 1 aromatic carbocycles. The van der Waals surface area contributed by atoms with Crippen LogP contribution in [-0.2, 0) is 17.6 Å². The number of hydrogen-bond donors (Lipinski definition) is 0. The van der Waals surface area contributed by atoms with Gasteiger partial charge in [0, 0.05) is 25.2 Å². The molecule has 0 amide bonds. The van der Waals surface area contributed by atoms with Crippen LogP contribution in [0.4, 0.5) is 5.69 Å². The number of nitrogens with zero attached hydrogens (tertiary/aromatic N) is 1. The number of carbonyl (C=O) groups is 1. The summed E-state index contributed by atoms with van der Waals surface area (Å²) in [4.78, 5) is 13.1. The molecule has 0 saturated heterocycles. The van der Waals surface area contributed by atoms with Gasteiger partial charge in [0.05, 0.1) is 0 Å². The molecule has 2 nitrogen and oxygen atoms in total. The molecule has 0 N–H and O–H groups in total. The van der Waals surface area contributed by atoms with E-state index in [-0.39, 0.29) is 0 Å². The molecule has 0 spiro atoms. The van der Waals surface area contributed by atoms with Crippen LogP contribution in [0.1, 0.15) is 25.0 Å². The van der Waals surface area contributed by atoms with Crippen molar-refractivity contribution < 1.29 is 4.79 Å². The molecule has 1 heterocycles. The second kappa shape index (κ2) is 4.69. The van der Waals surface area contributed by atoms with Crippen LogP contribution >= 0.6 is 0 Å². The highest BCUT2D eigenvalue weighted by Gasteiger charge is 2.21. The van der Waals surface area contributed by atoms with Gasteiger partial charge in [-0.15, -0.1) is 0 Å². The van der Waals surface area contributed by atoms with E-state index in [9.17, 15) is 4.79 Å². The van der Waals surface area contributed by atoms with Gasteiger partial charge in [0.15, 0.2) is 0 Å². The van der Waals surface area contributed by atoms with E-state index in [0.717, 1.165) is 25.8 Å². The molecule has 2 heteroatoms. The minimum absolute atomic E-state index is 0.554. The zero-order valence-corrected chi connectivity index (χ0v) is 10.1. The van der Waals surface area contributed by atoms with E-state index in [2.05, 4.69) is 36.9 Å². The molecule has 1 aliphatic heterocycles. The van der Waals surface area contributed by atoms with Crippen molar-refractivity contribution in [1.29, 1.82) is 0 Å². The summed E-state index contributed by atoms with van der Waals surface area (Å²) in [5.74, 6) is 0.681. The van der Waals surface area contributed by atoms with Gasteiger partial charge in [-0.3, -0.25) is 0 Å². The standard InChI is InChI=1S/C14H19NO/c1-11(2)10-15-8-6-13-12(7-9-16)4-3-5-14(13)15/h3-5,9,11H,6-8,10H2,1-2H3. The molecule has 16 heavy (non-hydrogen) atoms. The van der Waals surface area contributed by atoms with Crippen LogP contribution in [0, 0.1) is 5.92 Å². The van der Waals surface area contributed by atoms with Crippen LogP contribution in [0.15, 0.2) is 18.2 Å². The zero-order chi connectivity index (χ0) is 11.5. The Labute approximate surface area is 97.3 Å². The lowest BCUT2D eigenvalue weighted by molar-refractivity contribution is -0.107. The van der Waals surface area contributed by atoms with Crippen molar-refractivity contribution in [3.8, 4) is 0 Å². The average Bonchev–Trinajstić information content (AvgIpc) is 2.63. The first-order valence-electron chi connectivity index (χ1n) is 6.01. The summed E-state index contributed by atoms with van der Waals surface area (Å²) in [6, 6.07) is 6.32. The van der Waals surface area contributed by atoms with Gasteiger partial charge in [-0.2, -0.15) is 0 Å². The SMILES string of the molecule is CC(C)CN1CCc2c(CC=O)cccc21. The summed E-state index contributed by atoms with van der Waals surface area (Å²) in [5, 5.41) is 0. The molecule has 0 bridgehead atoms. The Kier molecular flexibility index (Phi) is 3.28. The van der Waals surface area contributed by atoms with Gasteiger partial charge in [-0.1, -0.05) is 26.0 Å². The third kappa shape index (κ3) is 2.11. The van der Waals surface area contributed by atoms with Crippen molar-refractivity contribution in [3.05, 3.63) is 29.3 Å². The predicted octanol–water partition coefficient (Wildman–Crippen LogP) is 2.45. The monoisotopic (exact) mass is 217 g/mol. The second-order valence-electron chi connectivity index (χ2n) is 4.88. The molecular weight excluding hydrogens is 198 g/mol. The van der Waals surface area contributed by atoms with E-state index in [0.29, 0.717) is 12.3 Å². The Morgan fingerprint density at radius 1 is 1.44 bits per heavy atom. The fourth-order valence-corrected chi connectivity index (χ4v) is 2.48. The molecule has 0 radical (unpaired) electrons. The number of hydrogen-bond acceptors (Lipinski definition) is 2. The van der Waals surface area contributed by atoms with Gasteiger partial charge in [0.1, 0.15) is 6.29 Å². The quantitative estimate of drug-likeness (QED) is 0.722. The minimum Gasteiger partial charge on any atom is -0.371 e. The van der Waals surface area contributed by atoms with Crippen molar-refractivity contribution in [1.82, 2.24) is 0 Å². The molecule has 0 atom stereocenters. The molecular formula is C14H19NO. The summed E-state index contributed by atoms with van der Waals surface area (Å²) < 4.78 is 0. The smallest absolute Gasteiger partial charge is 0.124 e. The first-order chi connectivity index (χ1) is 7.72. The highest BCUT2D eigenvalue weighted by atomic mass is 16.1. The topological polar surface area (TPSA) is 20.3 Å².